The molecule has 132 valence electrons. The van der Waals surface area contributed by atoms with Crippen LogP contribution in [-0.2, 0) is 30.8 Å². The van der Waals surface area contributed by atoms with Crippen molar-refractivity contribution in [1.29, 1.82) is 0 Å². The number of carboxylic acids is 1. The SMILES string of the molecule is COC(=O)Cc1ccc(S(=O)(=O)N2CCC(C)(C(=O)O)C2)cc1F. The number of ether oxygens (including phenoxy) is 1. The minimum absolute atomic E-state index is 0.0256. The summed E-state index contributed by atoms with van der Waals surface area (Å²) in [6, 6.07) is 3.25. The van der Waals surface area contributed by atoms with Crippen molar-refractivity contribution in [3.63, 3.8) is 0 Å². The summed E-state index contributed by atoms with van der Waals surface area (Å²) in [6.07, 6.45) is -0.117. The maximum absolute atomic E-state index is 14.1. The Labute approximate surface area is 139 Å². The number of carbonyl (C=O) groups is 2. The van der Waals surface area contributed by atoms with Gasteiger partial charge in [-0.1, -0.05) is 6.07 Å². The van der Waals surface area contributed by atoms with Crippen molar-refractivity contribution >= 4 is 22.0 Å². The van der Waals surface area contributed by atoms with Crippen LogP contribution >= 0.6 is 0 Å². The first kappa shape index (κ1) is 18.3. The molecule has 1 saturated heterocycles. The first-order chi connectivity index (χ1) is 11.1. The van der Waals surface area contributed by atoms with E-state index in [-0.39, 0.29) is 36.4 Å². The lowest BCUT2D eigenvalue weighted by Crippen LogP contribution is -2.34. The van der Waals surface area contributed by atoms with E-state index in [9.17, 15) is 27.5 Å². The fourth-order valence-corrected chi connectivity index (χ4v) is 4.08. The second-order valence-electron chi connectivity index (χ2n) is 5.96. The molecule has 0 radical (unpaired) electrons. The zero-order chi connectivity index (χ0) is 18.1. The van der Waals surface area contributed by atoms with Gasteiger partial charge in [0.15, 0.2) is 0 Å². The molecule has 1 fully saturated rings. The van der Waals surface area contributed by atoms with Gasteiger partial charge in [-0.3, -0.25) is 9.59 Å². The molecule has 24 heavy (non-hydrogen) atoms. The van der Waals surface area contributed by atoms with E-state index in [1.54, 1.807) is 0 Å². The predicted molar refractivity (Wildman–Crippen MR) is 81.2 cm³/mol. The summed E-state index contributed by atoms with van der Waals surface area (Å²) in [6.45, 7) is 1.36. The Bertz CT molecular complexity index is 778. The van der Waals surface area contributed by atoms with E-state index in [2.05, 4.69) is 4.74 Å². The molecule has 0 bridgehead atoms. The summed E-state index contributed by atoms with van der Waals surface area (Å²) in [5.74, 6) is -2.54. The number of methoxy groups -OCH3 is 1. The van der Waals surface area contributed by atoms with Gasteiger partial charge in [-0.15, -0.1) is 0 Å². The Kier molecular flexibility index (Phi) is 4.95. The predicted octanol–water partition coefficient (Wildman–Crippen LogP) is 1.03. The molecule has 1 unspecified atom stereocenters. The molecule has 1 aromatic carbocycles. The molecule has 1 aliphatic heterocycles. The van der Waals surface area contributed by atoms with Crippen LogP contribution in [0.5, 0.6) is 0 Å². The molecule has 1 aromatic rings. The highest BCUT2D eigenvalue weighted by molar-refractivity contribution is 7.89. The van der Waals surface area contributed by atoms with E-state index < -0.39 is 33.2 Å². The molecule has 0 saturated carbocycles. The molecular formula is C15H18FNO6S. The fourth-order valence-electron chi connectivity index (χ4n) is 2.51. The molecule has 1 heterocycles. The van der Waals surface area contributed by atoms with Crippen LogP contribution in [0.15, 0.2) is 23.1 Å². The molecule has 0 amide bonds. The zero-order valence-electron chi connectivity index (χ0n) is 13.3. The van der Waals surface area contributed by atoms with Gasteiger partial charge in [0.2, 0.25) is 10.0 Å². The van der Waals surface area contributed by atoms with Crippen molar-refractivity contribution < 1.29 is 32.2 Å². The maximum Gasteiger partial charge on any atom is 0.310 e. The van der Waals surface area contributed by atoms with Gasteiger partial charge in [0.05, 0.1) is 23.8 Å². The van der Waals surface area contributed by atoms with Crippen LogP contribution in [0.1, 0.15) is 18.9 Å². The summed E-state index contributed by atoms with van der Waals surface area (Å²) in [4.78, 5) is 22.2. The number of rotatable bonds is 5. The van der Waals surface area contributed by atoms with Crippen LogP contribution in [0.4, 0.5) is 4.39 Å². The Morgan fingerprint density at radius 1 is 1.42 bits per heavy atom. The van der Waals surface area contributed by atoms with E-state index in [1.165, 1.54) is 26.2 Å². The topological polar surface area (TPSA) is 101 Å². The first-order valence-corrected chi connectivity index (χ1v) is 8.63. The second kappa shape index (κ2) is 6.48. The summed E-state index contributed by atoms with van der Waals surface area (Å²) < 4.78 is 44.7. The monoisotopic (exact) mass is 359 g/mol. The molecule has 1 aliphatic rings. The number of esters is 1. The van der Waals surface area contributed by atoms with Crippen molar-refractivity contribution in [2.75, 3.05) is 20.2 Å². The lowest BCUT2D eigenvalue weighted by Gasteiger charge is -2.20. The lowest BCUT2D eigenvalue weighted by atomic mass is 9.90. The van der Waals surface area contributed by atoms with E-state index in [1.807, 2.05) is 0 Å². The molecule has 1 N–H and O–H groups in total. The highest BCUT2D eigenvalue weighted by Gasteiger charge is 2.45. The third-order valence-electron chi connectivity index (χ3n) is 4.18. The van der Waals surface area contributed by atoms with Crippen LogP contribution in [-0.4, -0.2) is 50.0 Å². The van der Waals surface area contributed by atoms with E-state index in [0.29, 0.717) is 0 Å². The van der Waals surface area contributed by atoms with E-state index >= 15 is 0 Å². The van der Waals surface area contributed by atoms with E-state index in [0.717, 1.165) is 10.4 Å². The molecule has 0 aliphatic carbocycles. The Morgan fingerprint density at radius 3 is 2.58 bits per heavy atom. The number of hydrogen-bond donors (Lipinski definition) is 1. The normalized spacial score (nSPS) is 21.6. The number of carbonyl (C=O) groups excluding carboxylic acids is 1. The quantitative estimate of drug-likeness (QED) is 0.788. The molecule has 9 heteroatoms. The number of sulfonamides is 1. The summed E-state index contributed by atoms with van der Waals surface area (Å²) in [7, 11) is -2.83. The minimum atomic E-state index is -4.00. The van der Waals surface area contributed by atoms with E-state index in [4.69, 9.17) is 0 Å². The Hall–Kier alpha value is -2.00. The van der Waals surface area contributed by atoms with Gasteiger partial charge < -0.3 is 9.84 Å². The molecule has 2 rings (SSSR count). The van der Waals surface area contributed by atoms with Crippen molar-refractivity contribution in [2.24, 2.45) is 5.41 Å². The first-order valence-electron chi connectivity index (χ1n) is 7.19. The Morgan fingerprint density at radius 2 is 2.08 bits per heavy atom. The van der Waals surface area contributed by atoms with Crippen LogP contribution < -0.4 is 0 Å². The third-order valence-corrected chi connectivity index (χ3v) is 6.02. The van der Waals surface area contributed by atoms with Gasteiger partial charge in [0.25, 0.3) is 0 Å². The van der Waals surface area contributed by atoms with Gasteiger partial charge in [0, 0.05) is 13.1 Å². The molecular weight excluding hydrogens is 341 g/mol. The Balaban J connectivity index is 2.26. The average molecular weight is 359 g/mol. The van der Waals surface area contributed by atoms with Crippen molar-refractivity contribution in [3.05, 3.63) is 29.6 Å². The summed E-state index contributed by atoms with van der Waals surface area (Å²) in [5.41, 5.74) is -1.13. The molecule has 1 atom stereocenters. The number of aliphatic carboxylic acids is 1. The molecule has 0 spiro atoms. The third kappa shape index (κ3) is 3.41. The highest BCUT2D eigenvalue weighted by atomic mass is 32.2. The summed E-state index contributed by atoms with van der Waals surface area (Å²) in [5, 5.41) is 9.19. The highest BCUT2D eigenvalue weighted by Crippen LogP contribution is 2.34. The minimum Gasteiger partial charge on any atom is -0.481 e. The lowest BCUT2D eigenvalue weighted by molar-refractivity contribution is -0.147. The van der Waals surface area contributed by atoms with Crippen molar-refractivity contribution in [3.8, 4) is 0 Å². The van der Waals surface area contributed by atoms with Gasteiger partial charge in [0.1, 0.15) is 5.82 Å². The number of benzene rings is 1. The van der Waals surface area contributed by atoms with Gasteiger partial charge in [-0.25, -0.2) is 12.8 Å². The maximum atomic E-state index is 14.1. The fraction of sp³-hybridized carbons (Fsp3) is 0.467. The van der Waals surface area contributed by atoms with Crippen LogP contribution in [0.3, 0.4) is 0 Å². The van der Waals surface area contributed by atoms with Crippen LogP contribution in [0, 0.1) is 11.2 Å². The van der Waals surface area contributed by atoms with Crippen LogP contribution in [0.25, 0.3) is 0 Å². The van der Waals surface area contributed by atoms with Gasteiger partial charge in [-0.05, 0) is 31.0 Å². The smallest absolute Gasteiger partial charge is 0.310 e. The van der Waals surface area contributed by atoms with Crippen LogP contribution in [0.2, 0.25) is 0 Å². The number of carboxylic acid groups (broad SMARTS) is 1. The number of halogens is 1. The standard InChI is InChI=1S/C15H18FNO6S/c1-15(14(19)20)5-6-17(9-15)24(21,22)11-4-3-10(12(16)8-11)7-13(18)23-2/h3-4,8H,5-7,9H2,1-2H3,(H,19,20). The second-order valence-corrected chi connectivity index (χ2v) is 7.90. The average Bonchev–Trinajstić information content (AvgIpc) is 2.93. The van der Waals surface area contributed by atoms with Gasteiger partial charge in [-0.2, -0.15) is 4.31 Å². The largest absolute Gasteiger partial charge is 0.481 e. The molecule has 7 nitrogen and oxygen atoms in total. The summed E-state index contributed by atoms with van der Waals surface area (Å²) >= 11 is 0. The van der Waals surface area contributed by atoms with Gasteiger partial charge >= 0.3 is 11.9 Å². The number of hydrogen-bond acceptors (Lipinski definition) is 5. The number of nitrogens with zero attached hydrogens (tertiary/aromatic N) is 1. The zero-order valence-corrected chi connectivity index (χ0v) is 14.1. The van der Waals surface area contributed by atoms with Crippen molar-refractivity contribution in [2.45, 2.75) is 24.7 Å². The van der Waals surface area contributed by atoms with Crippen molar-refractivity contribution in [1.82, 2.24) is 4.31 Å². The molecule has 0 aromatic heterocycles.